The third-order valence-electron chi connectivity index (χ3n) is 2.69. The Morgan fingerprint density at radius 1 is 1.21 bits per heavy atom. The van der Waals surface area contributed by atoms with E-state index in [9.17, 15) is 4.55 Å². The second kappa shape index (κ2) is 5.53. The fourth-order valence-electron chi connectivity index (χ4n) is 1.47. The second-order valence-corrected chi connectivity index (χ2v) is 7.54. The van der Waals surface area contributed by atoms with E-state index in [1.54, 1.807) is 0 Å². The minimum atomic E-state index is -1.26. The molecule has 102 valence electrons. The van der Waals surface area contributed by atoms with Crippen LogP contribution >= 0.6 is 11.3 Å². The van der Waals surface area contributed by atoms with Crippen molar-refractivity contribution in [3.8, 4) is 0 Å². The van der Waals surface area contributed by atoms with Crippen LogP contribution < -0.4 is 4.72 Å². The highest BCUT2D eigenvalue weighted by Crippen LogP contribution is 2.27. The van der Waals surface area contributed by atoms with Crippen LogP contribution in [0.25, 0.3) is 0 Å². The highest BCUT2D eigenvalue weighted by molar-refractivity contribution is 7.93. The molecule has 3 nitrogen and oxygen atoms in total. The Labute approximate surface area is 121 Å². The Morgan fingerprint density at radius 3 is 2.37 bits per heavy atom. The molecule has 1 unspecified atom stereocenters. The summed E-state index contributed by atoms with van der Waals surface area (Å²) in [5, 5.41) is 2.71. The monoisotopic (exact) mass is 294 g/mol. The zero-order chi connectivity index (χ0) is 14.0. The molecule has 1 aromatic heterocycles. The fraction of sp³-hybridized carbons (Fsp3) is 0.357. The van der Waals surface area contributed by atoms with Crippen LogP contribution in [-0.2, 0) is 16.8 Å². The Balaban J connectivity index is 2.08. The van der Waals surface area contributed by atoms with Gasteiger partial charge in [0, 0.05) is 10.8 Å². The average molecular weight is 294 g/mol. The summed E-state index contributed by atoms with van der Waals surface area (Å²) in [7, 11) is 0. The fourth-order valence-corrected chi connectivity index (χ4v) is 3.37. The van der Waals surface area contributed by atoms with E-state index < -0.39 is 11.4 Å². The van der Waals surface area contributed by atoms with Gasteiger partial charge in [0.25, 0.3) is 0 Å². The number of anilines is 1. The zero-order valence-electron chi connectivity index (χ0n) is 11.6. The van der Waals surface area contributed by atoms with Gasteiger partial charge in [0.2, 0.25) is 5.13 Å². The summed E-state index contributed by atoms with van der Waals surface area (Å²) >= 11 is 0.229. The lowest BCUT2D eigenvalue weighted by Gasteiger charge is -2.14. The molecule has 2 aromatic rings. The van der Waals surface area contributed by atoms with E-state index in [-0.39, 0.29) is 5.41 Å². The molecule has 0 saturated carbocycles. The highest BCUT2D eigenvalue weighted by Gasteiger charge is 2.19. The van der Waals surface area contributed by atoms with Crippen LogP contribution in [0.5, 0.6) is 0 Å². The molecule has 1 atom stereocenters. The molecule has 0 aliphatic heterocycles. The van der Waals surface area contributed by atoms with Gasteiger partial charge >= 0.3 is 0 Å². The topological polar surface area (TPSA) is 48.0 Å². The van der Waals surface area contributed by atoms with Crippen molar-refractivity contribution in [3.63, 3.8) is 0 Å². The van der Waals surface area contributed by atoms with Crippen molar-refractivity contribution in [2.75, 3.05) is 4.72 Å². The van der Waals surface area contributed by atoms with E-state index in [0.29, 0.717) is 5.13 Å². The number of rotatable bonds is 3. The molecule has 1 aromatic carbocycles. The molecule has 0 fully saturated rings. The van der Waals surface area contributed by atoms with Gasteiger partial charge in [0.05, 0.1) is 5.69 Å². The summed E-state index contributed by atoms with van der Waals surface area (Å²) in [4.78, 5) is 5.24. The van der Waals surface area contributed by atoms with Crippen molar-refractivity contribution >= 4 is 27.8 Å². The highest BCUT2D eigenvalue weighted by atomic mass is 32.2. The van der Waals surface area contributed by atoms with Crippen LogP contribution in [0, 0.1) is 6.92 Å². The number of thiazole rings is 1. The normalized spacial score (nSPS) is 13.3. The summed E-state index contributed by atoms with van der Waals surface area (Å²) in [5.41, 5.74) is 2.19. The smallest absolute Gasteiger partial charge is 0.226 e. The van der Waals surface area contributed by atoms with Crippen molar-refractivity contribution in [1.82, 2.24) is 4.98 Å². The molecule has 0 bridgehead atoms. The molecular formula is C14H18N2OS2. The van der Waals surface area contributed by atoms with Gasteiger partial charge in [-0.2, -0.15) is 4.72 Å². The van der Waals surface area contributed by atoms with Crippen LogP contribution in [0.1, 0.15) is 32.0 Å². The molecule has 0 saturated heterocycles. The number of aromatic nitrogens is 1. The van der Waals surface area contributed by atoms with Crippen LogP contribution in [0.15, 0.2) is 34.5 Å². The number of aryl methyl sites for hydroxylation is 1. The van der Waals surface area contributed by atoms with Crippen molar-refractivity contribution in [3.05, 3.63) is 40.9 Å². The number of hydrogen-bond donors (Lipinski definition) is 1. The second-order valence-electron chi connectivity index (χ2n) is 5.47. The quantitative estimate of drug-likeness (QED) is 0.874. The zero-order valence-corrected chi connectivity index (χ0v) is 13.2. The first-order valence-corrected chi connectivity index (χ1v) is 8.10. The van der Waals surface area contributed by atoms with Gasteiger partial charge in [-0.3, -0.25) is 0 Å². The summed E-state index contributed by atoms with van der Waals surface area (Å²) in [6.45, 7) is 8.35. The van der Waals surface area contributed by atoms with Gasteiger partial charge in [-0.05, 0) is 19.1 Å². The van der Waals surface area contributed by atoms with Crippen molar-refractivity contribution in [2.45, 2.75) is 38.0 Å². The summed E-state index contributed by atoms with van der Waals surface area (Å²) in [6.07, 6.45) is 0. The molecule has 0 amide bonds. The largest absolute Gasteiger partial charge is 0.588 e. The van der Waals surface area contributed by atoms with Crippen LogP contribution in [-0.4, -0.2) is 9.54 Å². The predicted octanol–water partition coefficient (Wildman–Crippen LogP) is 3.88. The average Bonchev–Trinajstić information content (AvgIpc) is 2.78. The summed E-state index contributed by atoms with van der Waals surface area (Å²) in [5.74, 6) is 0. The lowest BCUT2D eigenvalue weighted by Crippen LogP contribution is -2.14. The summed E-state index contributed by atoms with van der Waals surface area (Å²) < 4.78 is 15.1. The Hall–Kier alpha value is -1.04. The van der Waals surface area contributed by atoms with Crippen LogP contribution in [0.2, 0.25) is 0 Å². The Kier molecular flexibility index (Phi) is 4.18. The van der Waals surface area contributed by atoms with E-state index in [4.69, 9.17) is 0 Å². The minimum absolute atomic E-state index is 0.0157. The van der Waals surface area contributed by atoms with E-state index in [1.807, 2.05) is 36.6 Å². The van der Waals surface area contributed by atoms with Crippen molar-refractivity contribution in [1.29, 1.82) is 0 Å². The molecule has 0 radical (unpaired) electrons. The van der Waals surface area contributed by atoms with Gasteiger partial charge in [-0.25, -0.2) is 4.98 Å². The molecule has 2 rings (SSSR count). The molecule has 1 heterocycles. The van der Waals surface area contributed by atoms with Crippen LogP contribution in [0.3, 0.4) is 0 Å². The SMILES string of the molecule is Cc1ccc([S+]([O-])Nc2nc(C(C)(C)C)cs2)cc1. The number of hydrogen-bond acceptors (Lipinski definition) is 4. The molecule has 1 N–H and O–H groups in total. The maximum absolute atomic E-state index is 12.2. The predicted molar refractivity (Wildman–Crippen MR) is 82.0 cm³/mol. The number of nitrogens with zero attached hydrogens (tertiary/aromatic N) is 1. The first kappa shape index (κ1) is 14.4. The van der Waals surface area contributed by atoms with Crippen molar-refractivity contribution in [2.24, 2.45) is 0 Å². The lowest BCUT2D eigenvalue weighted by atomic mass is 9.93. The maximum atomic E-state index is 12.2. The molecule has 5 heteroatoms. The van der Waals surface area contributed by atoms with Gasteiger partial charge in [-0.15, -0.1) is 11.3 Å². The third-order valence-corrected chi connectivity index (χ3v) is 4.65. The standard InChI is InChI=1S/C14H18N2OS2/c1-10-5-7-11(8-6-10)19(17)16-13-15-12(9-18-13)14(2,3)4/h5-9H,1-4H3,(H,15,16). The maximum Gasteiger partial charge on any atom is 0.226 e. The summed E-state index contributed by atoms with van der Waals surface area (Å²) in [6, 6.07) is 7.65. The Morgan fingerprint density at radius 2 is 1.84 bits per heavy atom. The lowest BCUT2D eigenvalue weighted by molar-refractivity contribution is 0.573. The van der Waals surface area contributed by atoms with E-state index >= 15 is 0 Å². The molecule has 0 aliphatic carbocycles. The molecule has 19 heavy (non-hydrogen) atoms. The molecular weight excluding hydrogens is 276 g/mol. The van der Waals surface area contributed by atoms with Gasteiger partial charge in [0.1, 0.15) is 11.4 Å². The molecule has 0 aliphatic rings. The molecule has 0 spiro atoms. The first-order valence-electron chi connectivity index (χ1n) is 6.07. The number of benzene rings is 1. The van der Waals surface area contributed by atoms with E-state index in [2.05, 4.69) is 30.5 Å². The van der Waals surface area contributed by atoms with Gasteiger partial charge < -0.3 is 4.55 Å². The number of nitrogens with one attached hydrogen (secondary N) is 1. The van der Waals surface area contributed by atoms with E-state index in [0.717, 1.165) is 16.2 Å². The van der Waals surface area contributed by atoms with Crippen molar-refractivity contribution < 1.29 is 4.55 Å². The Bertz CT molecular complexity index is 543. The van der Waals surface area contributed by atoms with E-state index in [1.165, 1.54) is 11.3 Å². The van der Waals surface area contributed by atoms with Crippen LogP contribution in [0.4, 0.5) is 5.13 Å². The first-order chi connectivity index (χ1) is 8.86. The van der Waals surface area contributed by atoms with Gasteiger partial charge in [0.15, 0.2) is 4.90 Å². The minimum Gasteiger partial charge on any atom is -0.588 e. The third kappa shape index (κ3) is 3.72. The van der Waals surface area contributed by atoms with Gasteiger partial charge in [-0.1, -0.05) is 38.5 Å².